The van der Waals surface area contributed by atoms with E-state index in [9.17, 15) is 50.7 Å². The number of nitrogens with zero attached hydrogens (tertiary/aromatic N) is 1. The van der Waals surface area contributed by atoms with Gasteiger partial charge in [-0.2, -0.15) is 0 Å². The molecular weight excluding hydrogens is 941 g/mol. The highest BCUT2D eigenvalue weighted by molar-refractivity contribution is 5.94. The Kier molecular flexibility index (Phi) is 14.6. The van der Waals surface area contributed by atoms with Crippen LogP contribution in [0.15, 0.2) is 35.9 Å². The summed E-state index contributed by atoms with van der Waals surface area (Å²) in [5.41, 5.74) is 1.23. The summed E-state index contributed by atoms with van der Waals surface area (Å²) in [6.07, 6.45) is -12.3. The monoisotopic (exact) mass is 1020 g/mol. The van der Waals surface area contributed by atoms with Crippen LogP contribution in [0.25, 0.3) is 0 Å². The zero-order valence-electron chi connectivity index (χ0n) is 42.0. The van der Waals surface area contributed by atoms with Crippen LogP contribution in [-0.2, 0) is 37.9 Å². The van der Waals surface area contributed by atoms with E-state index in [1.165, 1.54) is 43.7 Å². The van der Waals surface area contributed by atoms with Gasteiger partial charge in [-0.05, 0) is 118 Å². The van der Waals surface area contributed by atoms with E-state index in [2.05, 4.69) is 39.1 Å². The number of ether oxygens (including phenoxy) is 8. The number of nitro groups is 1. The molecule has 1 aromatic carbocycles. The van der Waals surface area contributed by atoms with Crippen LogP contribution >= 0.6 is 0 Å². The zero-order valence-corrected chi connectivity index (χ0v) is 42.0. The number of allylic oxidation sites excluding steroid dienone is 1. The van der Waals surface area contributed by atoms with E-state index < -0.39 is 115 Å². The molecule has 20 nitrogen and oxygen atoms in total. The molecule has 4 aliphatic carbocycles. The summed E-state index contributed by atoms with van der Waals surface area (Å²) in [7, 11) is 0. The Hall–Kier alpha value is -2.77. The van der Waals surface area contributed by atoms with E-state index >= 15 is 0 Å². The number of carbonyl (C=O) groups is 1. The van der Waals surface area contributed by atoms with E-state index in [-0.39, 0.29) is 34.7 Å². The van der Waals surface area contributed by atoms with Crippen molar-refractivity contribution >= 4 is 11.6 Å². The van der Waals surface area contributed by atoms with Gasteiger partial charge >= 0.3 is 0 Å². The molecule has 0 aromatic heterocycles. The minimum atomic E-state index is -1.80. The molecule has 20 heteroatoms. The number of amides is 1. The number of aliphatic hydroxyl groups is 7. The lowest BCUT2D eigenvalue weighted by Crippen LogP contribution is -2.67. The molecule has 8 fully saturated rings. The highest BCUT2D eigenvalue weighted by Gasteiger charge is 2.69. The molecule has 8 N–H and O–H groups in total. The number of nitro benzene ring substituents is 1. The molecule has 1 spiro atoms. The molecule has 5 aliphatic heterocycles. The first-order valence-corrected chi connectivity index (χ1v) is 26.4. The third-order valence-corrected chi connectivity index (χ3v) is 19.3. The lowest BCUT2D eigenvalue weighted by Gasteiger charge is -2.59. The largest absolute Gasteiger partial charge is 0.388 e. The molecule has 3 saturated carbocycles. The molecular formula is C52H76N2O18. The molecule has 0 radical (unpaired) electrons. The quantitative estimate of drug-likeness (QED) is 0.0950. The summed E-state index contributed by atoms with van der Waals surface area (Å²) in [4.78, 5) is 24.2. The van der Waals surface area contributed by atoms with Gasteiger partial charge in [-0.1, -0.05) is 39.3 Å². The first-order chi connectivity index (χ1) is 34.1. The Morgan fingerprint density at radius 3 is 2.04 bits per heavy atom. The van der Waals surface area contributed by atoms with Gasteiger partial charge in [-0.25, -0.2) is 0 Å². The number of rotatable bonds is 10. The Bertz CT molecular complexity index is 2160. The second kappa shape index (κ2) is 20.0. The Balaban J connectivity index is 0.898. The number of nitrogens with one attached hydrogen (secondary N) is 1. The molecule has 10 rings (SSSR count). The Morgan fingerprint density at radius 2 is 1.42 bits per heavy atom. The lowest BCUT2D eigenvalue weighted by atomic mass is 9.47. The number of hydrogen-bond acceptors (Lipinski definition) is 18. The van der Waals surface area contributed by atoms with Gasteiger partial charge in [0.25, 0.3) is 11.6 Å². The van der Waals surface area contributed by atoms with Crippen LogP contribution in [0.5, 0.6) is 0 Å². The van der Waals surface area contributed by atoms with Crippen LogP contribution < -0.4 is 5.32 Å². The van der Waals surface area contributed by atoms with Crippen LogP contribution in [0.2, 0.25) is 0 Å². The summed E-state index contributed by atoms with van der Waals surface area (Å²) >= 11 is 0. The molecule has 26 atom stereocenters. The molecule has 5 heterocycles. The number of benzene rings is 1. The maximum absolute atomic E-state index is 13.5. The third-order valence-electron chi connectivity index (χ3n) is 19.3. The highest BCUT2D eigenvalue weighted by Crippen LogP contribution is 2.70. The summed E-state index contributed by atoms with van der Waals surface area (Å²) in [5.74, 6) is 1.70. The van der Waals surface area contributed by atoms with E-state index in [1.807, 2.05) is 0 Å². The van der Waals surface area contributed by atoms with Crippen molar-refractivity contribution in [2.45, 2.75) is 209 Å². The minimum absolute atomic E-state index is 0.0883. The standard InChI is InChI=1S/C52H76N2O18/c1-23-13-18-52(65-22-23)24(2)36-34(72-52)20-33-31-12-9-28-19-30(14-16-50(28,5)32(31)15-17-51(33,36)6)68-49-45(71-48-42(60)40(58)38(56)26(4)67-48)43(61)44(70-47-41(59)39(57)37(55)25(3)66-47)35(69-49)21-53-46(62)27-7-10-29(11-8-27)54(63)64/h7-11,23-26,30-45,47-49,55-61H,12-22H2,1-6H3,(H,53,62)/t23-,24-,25+,26+,30-,31+,32-,33?,34-,35+,36-,37+,38+,39-,40-,41-,42-,43-,44+,45+,47+,48+,49+,50-,51-,52+/m0/s1. The number of non-ortho nitro benzene ring substituents is 1. The zero-order chi connectivity index (χ0) is 51.3. The van der Waals surface area contributed by atoms with E-state index in [0.717, 1.165) is 51.6 Å². The molecule has 1 amide bonds. The van der Waals surface area contributed by atoms with Crippen LogP contribution in [0.3, 0.4) is 0 Å². The van der Waals surface area contributed by atoms with Gasteiger partial charge in [-0.3, -0.25) is 14.9 Å². The second-order valence-electron chi connectivity index (χ2n) is 23.4. The summed E-state index contributed by atoms with van der Waals surface area (Å²) in [6, 6.07) is 4.95. The van der Waals surface area contributed by atoms with Crippen molar-refractivity contribution in [1.29, 1.82) is 0 Å². The molecule has 72 heavy (non-hydrogen) atoms. The Morgan fingerprint density at radius 1 is 0.764 bits per heavy atom. The molecule has 5 saturated heterocycles. The van der Waals surface area contributed by atoms with Crippen molar-refractivity contribution in [2.24, 2.45) is 46.3 Å². The summed E-state index contributed by atoms with van der Waals surface area (Å²) in [6.45, 7) is 12.9. The fraction of sp³-hybridized carbons (Fsp3) is 0.827. The van der Waals surface area contributed by atoms with Gasteiger partial charge in [0.15, 0.2) is 24.7 Å². The molecule has 1 unspecified atom stereocenters. The number of aliphatic hydroxyl groups excluding tert-OH is 7. The maximum atomic E-state index is 13.5. The Labute approximate surface area is 419 Å². The van der Waals surface area contributed by atoms with Crippen molar-refractivity contribution in [2.75, 3.05) is 13.2 Å². The fourth-order valence-corrected chi connectivity index (χ4v) is 15.0. The van der Waals surface area contributed by atoms with Crippen LogP contribution in [0.4, 0.5) is 5.69 Å². The summed E-state index contributed by atoms with van der Waals surface area (Å²) in [5, 5.41) is 91.1. The van der Waals surface area contributed by atoms with E-state index in [1.54, 1.807) is 0 Å². The predicted molar refractivity (Wildman–Crippen MR) is 251 cm³/mol. The van der Waals surface area contributed by atoms with Crippen molar-refractivity contribution in [1.82, 2.24) is 5.32 Å². The van der Waals surface area contributed by atoms with Crippen LogP contribution in [-0.4, -0.2) is 170 Å². The average molecular weight is 1020 g/mol. The average Bonchev–Trinajstić information content (AvgIpc) is 3.81. The van der Waals surface area contributed by atoms with E-state index in [0.29, 0.717) is 48.3 Å². The van der Waals surface area contributed by atoms with E-state index in [4.69, 9.17) is 37.9 Å². The van der Waals surface area contributed by atoms with Crippen molar-refractivity contribution < 1.29 is 83.4 Å². The van der Waals surface area contributed by atoms with Gasteiger partial charge in [0.05, 0.1) is 35.9 Å². The third kappa shape index (κ3) is 9.08. The van der Waals surface area contributed by atoms with Gasteiger partial charge < -0.3 is 79.0 Å². The maximum Gasteiger partial charge on any atom is 0.269 e. The normalized spacial score (nSPS) is 51.1. The molecule has 0 bridgehead atoms. The number of fused-ring (bicyclic) bond motifs is 7. The van der Waals surface area contributed by atoms with Gasteiger partial charge in [0.2, 0.25) is 0 Å². The SMILES string of the molecule is C[C@H]1CC[C@@]2(OC1)O[C@H]1CC3[C@@H]4CC=C5C[C@@H](O[C@@H]6O[C@H](CNC(=O)c7ccc([N+](=O)[O-])cc7)[C@@H](O[C@H]7O[C@H](C)[C@@H](O)[C@H](O)[C@@H]7O)[C@H](O)[C@H]6O[C@H]6O[C@H](C)[C@@H](O)[C@H](O)[C@@H]6O)CC[C@]5(C)[C@H]4CC[C@]3(C)[C@H]1[C@@H]2C. The van der Waals surface area contributed by atoms with Crippen molar-refractivity contribution in [3.63, 3.8) is 0 Å². The first-order valence-electron chi connectivity index (χ1n) is 26.4. The van der Waals surface area contributed by atoms with Gasteiger partial charge in [0.1, 0.15) is 61.0 Å². The lowest BCUT2D eigenvalue weighted by molar-refractivity contribution is -0.386. The smallest absolute Gasteiger partial charge is 0.269 e. The van der Waals surface area contributed by atoms with Crippen molar-refractivity contribution in [3.05, 3.63) is 51.6 Å². The first kappa shape index (κ1) is 52.7. The predicted octanol–water partition coefficient (Wildman–Crippen LogP) is 2.59. The minimum Gasteiger partial charge on any atom is -0.388 e. The fourth-order valence-electron chi connectivity index (χ4n) is 15.0. The second-order valence-corrected chi connectivity index (χ2v) is 23.4. The molecule has 402 valence electrons. The molecule has 9 aliphatic rings. The van der Waals surface area contributed by atoms with Crippen LogP contribution in [0, 0.1) is 56.5 Å². The van der Waals surface area contributed by atoms with Crippen LogP contribution in [0.1, 0.15) is 110 Å². The summed E-state index contributed by atoms with van der Waals surface area (Å²) < 4.78 is 51.2. The topological polar surface area (TPSA) is 288 Å². The number of hydrogen-bond donors (Lipinski definition) is 8. The molecule has 1 aromatic rings. The number of carbonyl (C=O) groups excluding carboxylic acids is 1. The van der Waals surface area contributed by atoms with Crippen molar-refractivity contribution in [3.8, 4) is 0 Å². The van der Waals surface area contributed by atoms with Gasteiger partial charge in [0, 0.05) is 36.6 Å². The van der Waals surface area contributed by atoms with Gasteiger partial charge in [-0.15, -0.1) is 0 Å². The highest BCUT2D eigenvalue weighted by atomic mass is 16.8.